The third kappa shape index (κ3) is 5.21. The highest BCUT2D eigenvalue weighted by atomic mass is 35.5. The molecule has 0 aliphatic carbocycles. The van der Waals surface area contributed by atoms with Gasteiger partial charge in [0, 0.05) is 24.2 Å². The van der Waals surface area contributed by atoms with Crippen LogP contribution in [-0.2, 0) is 13.1 Å². The summed E-state index contributed by atoms with van der Waals surface area (Å²) in [7, 11) is 3.35. The quantitative estimate of drug-likeness (QED) is 0.500. The van der Waals surface area contributed by atoms with Crippen molar-refractivity contribution in [1.29, 1.82) is 0 Å². The second kappa shape index (κ2) is 9.05. The van der Waals surface area contributed by atoms with Crippen molar-refractivity contribution in [3.05, 3.63) is 65.0 Å². The second-order valence-electron chi connectivity index (χ2n) is 5.65. The van der Waals surface area contributed by atoms with Gasteiger partial charge in [0.15, 0.2) is 5.96 Å². The Morgan fingerprint density at radius 3 is 2.63 bits per heavy atom. The lowest BCUT2D eigenvalue weighted by atomic mass is 10.2. The zero-order valence-corrected chi connectivity index (χ0v) is 15.8. The van der Waals surface area contributed by atoms with Crippen molar-refractivity contribution in [2.75, 3.05) is 14.2 Å². The molecule has 0 aliphatic heterocycles. The van der Waals surface area contributed by atoms with Crippen LogP contribution in [0.4, 0.5) is 0 Å². The van der Waals surface area contributed by atoms with Crippen LogP contribution in [-0.4, -0.2) is 30.3 Å². The summed E-state index contributed by atoms with van der Waals surface area (Å²) in [5.41, 5.74) is 1.92. The summed E-state index contributed by atoms with van der Waals surface area (Å²) in [6, 6.07) is 15.1. The molecule has 2 N–H and O–H groups in total. The number of rotatable bonds is 6. The molecule has 0 unspecified atom stereocenters. The van der Waals surface area contributed by atoms with Gasteiger partial charge in [-0.1, -0.05) is 41.0 Å². The monoisotopic (exact) mass is 385 g/mol. The van der Waals surface area contributed by atoms with Crippen LogP contribution in [0.2, 0.25) is 5.02 Å². The highest BCUT2D eigenvalue weighted by Crippen LogP contribution is 2.19. The minimum atomic E-state index is 0.357. The van der Waals surface area contributed by atoms with Gasteiger partial charge in [0.1, 0.15) is 5.75 Å². The summed E-state index contributed by atoms with van der Waals surface area (Å²) in [6.45, 7) is 0.983. The summed E-state index contributed by atoms with van der Waals surface area (Å²) in [6.07, 6.45) is 0. The van der Waals surface area contributed by atoms with Gasteiger partial charge < -0.3 is 19.9 Å². The predicted molar refractivity (Wildman–Crippen MR) is 105 cm³/mol. The molecule has 7 nitrogen and oxygen atoms in total. The van der Waals surface area contributed by atoms with Crippen LogP contribution in [0.3, 0.4) is 0 Å². The number of hydrogen-bond donors (Lipinski definition) is 2. The number of benzene rings is 2. The number of nitrogens with one attached hydrogen (secondary N) is 2. The van der Waals surface area contributed by atoms with E-state index in [9.17, 15) is 0 Å². The van der Waals surface area contributed by atoms with Crippen LogP contribution < -0.4 is 15.4 Å². The lowest BCUT2D eigenvalue weighted by Crippen LogP contribution is -2.36. The molecule has 1 heterocycles. The van der Waals surface area contributed by atoms with Gasteiger partial charge in [-0.2, -0.15) is 4.98 Å². The lowest BCUT2D eigenvalue weighted by molar-refractivity contribution is 0.375. The summed E-state index contributed by atoms with van der Waals surface area (Å²) in [5, 5.41) is 11.0. The number of guanidine groups is 1. The first-order valence-electron chi connectivity index (χ1n) is 8.34. The molecule has 1 aromatic heterocycles. The smallest absolute Gasteiger partial charge is 0.246 e. The van der Waals surface area contributed by atoms with E-state index < -0.39 is 0 Å². The minimum Gasteiger partial charge on any atom is -0.497 e. The van der Waals surface area contributed by atoms with E-state index in [4.69, 9.17) is 20.9 Å². The summed E-state index contributed by atoms with van der Waals surface area (Å²) < 4.78 is 10.4. The fourth-order valence-electron chi connectivity index (χ4n) is 2.38. The predicted octanol–water partition coefficient (Wildman–Crippen LogP) is 3.26. The number of ether oxygens (including phenoxy) is 1. The highest BCUT2D eigenvalue weighted by Gasteiger charge is 2.09. The Morgan fingerprint density at radius 1 is 1.15 bits per heavy atom. The average Bonchev–Trinajstić information content (AvgIpc) is 3.18. The van der Waals surface area contributed by atoms with E-state index in [2.05, 4.69) is 25.8 Å². The van der Waals surface area contributed by atoms with E-state index in [0.29, 0.717) is 35.8 Å². The Kier molecular flexibility index (Phi) is 6.27. The molecule has 27 heavy (non-hydrogen) atoms. The van der Waals surface area contributed by atoms with Gasteiger partial charge in [-0.05, 0) is 29.8 Å². The molecular formula is C19H20ClN5O2. The van der Waals surface area contributed by atoms with Gasteiger partial charge in [-0.3, -0.25) is 4.99 Å². The average molecular weight is 386 g/mol. The van der Waals surface area contributed by atoms with E-state index in [-0.39, 0.29) is 0 Å². The molecule has 0 saturated heterocycles. The first kappa shape index (κ1) is 18.7. The Morgan fingerprint density at radius 2 is 1.93 bits per heavy atom. The fraction of sp³-hybridized carbons (Fsp3) is 0.211. The molecule has 0 saturated carbocycles. The molecule has 0 spiro atoms. The van der Waals surface area contributed by atoms with Crippen molar-refractivity contribution < 1.29 is 9.26 Å². The maximum absolute atomic E-state index is 6.00. The Balaban J connectivity index is 1.53. The van der Waals surface area contributed by atoms with E-state index in [1.54, 1.807) is 26.3 Å². The largest absolute Gasteiger partial charge is 0.497 e. The minimum absolute atomic E-state index is 0.357. The van der Waals surface area contributed by atoms with Gasteiger partial charge in [0.05, 0.1) is 13.7 Å². The normalized spacial score (nSPS) is 11.3. The number of aromatic nitrogens is 2. The van der Waals surface area contributed by atoms with Crippen LogP contribution in [0.15, 0.2) is 58.0 Å². The third-order valence-corrected chi connectivity index (χ3v) is 4.04. The number of aliphatic imine (C=N–C) groups is 1. The summed E-state index contributed by atoms with van der Waals surface area (Å²) in [4.78, 5) is 8.56. The molecule has 140 valence electrons. The number of hydrogen-bond acceptors (Lipinski definition) is 5. The van der Waals surface area contributed by atoms with Crippen molar-refractivity contribution in [3.8, 4) is 17.1 Å². The van der Waals surface area contributed by atoms with Crippen LogP contribution in [0.1, 0.15) is 11.5 Å². The van der Waals surface area contributed by atoms with Gasteiger partial charge in [-0.25, -0.2) is 0 Å². The molecule has 0 radical (unpaired) electrons. The molecule has 0 fully saturated rings. The second-order valence-corrected chi connectivity index (χ2v) is 6.09. The van der Waals surface area contributed by atoms with Crippen molar-refractivity contribution in [2.45, 2.75) is 13.1 Å². The molecular weight excluding hydrogens is 366 g/mol. The maximum Gasteiger partial charge on any atom is 0.246 e. The summed E-state index contributed by atoms with van der Waals surface area (Å²) in [5.74, 6) is 2.41. The third-order valence-electron chi connectivity index (χ3n) is 3.80. The lowest BCUT2D eigenvalue weighted by Gasteiger charge is -2.10. The molecule has 3 aromatic rings. The molecule has 0 aliphatic rings. The molecule has 8 heteroatoms. The molecule has 2 aromatic carbocycles. The zero-order valence-electron chi connectivity index (χ0n) is 15.1. The van der Waals surface area contributed by atoms with Crippen molar-refractivity contribution in [2.24, 2.45) is 4.99 Å². The van der Waals surface area contributed by atoms with Gasteiger partial charge in [-0.15, -0.1) is 0 Å². The van der Waals surface area contributed by atoms with E-state index in [0.717, 1.165) is 16.9 Å². The summed E-state index contributed by atoms with van der Waals surface area (Å²) >= 11 is 6.00. The Bertz CT molecular complexity index is 908. The maximum atomic E-state index is 6.00. The van der Waals surface area contributed by atoms with Crippen molar-refractivity contribution in [3.63, 3.8) is 0 Å². The van der Waals surface area contributed by atoms with Crippen LogP contribution >= 0.6 is 11.6 Å². The van der Waals surface area contributed by atoms with Gasteiger partial charge >= 0.3 is 0 Å². The standard InChI is InChI=1S/C19H20ClN5O2/c1-21-19(22-11-13-6-8-16(26-2)9-7-13)23-12-17-24-18(25-27-17)14-4-3-5-15(20)10-14/h3-10H,11-12H2,1-2H3,(H2,21,22,23). The highest BCUT2D eigenvalue weighted by molar-refractivity contribution is 6.30. The van der Waals surface area contributed by atoms with E-state index >= 15 is 0 Å². The number of halogens is 1. The van der Waals surface area contributed by atoms with Gasteiger partial charge in [0.25, 0.3) is 0 Å². The Hall–Kier alpha value is -3.06. The SMILES string of the molecule is CN=C(NCc1ccc(OC)cc1)NCc1nc(-c2cccc(Cl)c2)no1. The molecule has 3 rings (SSSR count). The number of nitrogens with zero attached hydrogens (tertiary/aromatic N) is 3. The van der Waals surface area contributed by atoms with Crippen LogP contribution in [0, 0.1) is 0 Å². The van der Waals surface area contributed by atoms with Crippen LogP contribution in [0.5, 0.6) is 5.75 Å². The Labute approximate surface area is 162 Å². The first-order chi connectivity index (χ1) is 13.2. The van der Waals surface area contributed by atoms with Crippen LogP contribution in [0.25, 0.3) is 11.4 Å². The topological polar surface area (TPSA) is 84.6 Å². The number of methoxy groups -OCH3 is 1. The first-order valence-corrected chi connectivity index (χ1v) is 8.71. The van der Waals surface area contributed by atoms with Gasteiger partial charge in [0.2, 0.25) is 11.7 Å². The van der Waals surface area contributed by atoms with E-state index in [1.165, 1.54) is 0 Å². The zero-order chi connectivity index (χ0) is 19.1. The van der Waals surface area contributed by atoms with E-state index in [1.807, 2.05) is 36.4 Å². The van der Waals surface area contributed by atoms with Crippen molar-refractivity contribution >= 4 is 17.6 Å². The molecule has 0 bridgehead atoms. The molecule has 0 amide bonds. The molecule has 0 atom stereocenters. The van der Waals surface area contributed by atoms with Crippen molar-refractivity contribution in [1.82, 2.24) is 20.8 Å². The fourth-order valence-corrected chi connectivity index (χ4v) is 2.57.